The normalized spacial score (nSPS) is 26.6. The number of nitrogens with zero attached hydrogens (tertiary/aromatic N) is 6. The number of anilines is 2. The number of carbonyl (C=O) groups excluding carboxylic acids is 5. The summed E-state index contributed by atoms with van der Waals surface area (Å²) in [5.74, 6) is 1.31. The molecule has 5 aliphatic rings. The van der Waals surface area contributed by atoms with Crippen molar-refractivity contribution in [1.29, 1.82) is 5.26 Å². The second-order valence-electron chi connectivity index (χ2n) is 19.2. The Morgan fingerprint density at radius 1 is 0.952 bits per heavy atom. The van der Waals surface area contributed by atoms with Crippen LogP contribution in [0.1, 0.15) is 103 Å². The SMILES string of the molecule is CN(C(=O)c1ccc(N2CCN(C3CCC4CN(c5ccc(C(=O)NC6C(C)(C)C(Oc7ccc(C#N)c(Cl)c7)C6(C)C)cn5)CCC4C3)CC2)cc1C=O)C1CCC(=O)NC1=O. The lowest BCUT2D eigenvalue weighted by molar-refractivity contribution is -0.164. The second kappa shape index (κ2) is 17.6. The third-order valence-electron chi connectivity index (χ3n) is 14.7. The number of fused-ring (bicyclic) bond motifs is 1. The summed E-state index contributed by atoms with van der Waals surface area (Å²) in [6, 6.07) is 16.0. The summed E-state index contributed by atoms with van der Waals surface area (Å²) in [6.07, 6.45) is 7.20. The Hall–Kier alpha value is -5.52. The summed E-state index contributed by atoms with van der Waals surface area (Å²) in [5, 5.41) is 15.1. The van der Waals surface area contributed by atoms with Gasteiger partial charge in [-0.1, -0.05) is 39.3 Å². The Morgan fingerprint density at radius 2 is 1.71 bits per heavy atom. The first-order valence-corrected chi connectivity index (χ1v) is 22.5. The lowest BCUT2D eigenvalue weighted by atomic mass is 9.49. The van der Waals surface area contributed by atoms with Gasteiger partial charge in [0.05, 0.1) is 21.7 Å². The van der Waals surface area contributed by atoms with Gasteiger partial charge in [-0.2, -0.15) is 5.26 Å². The van der Waals surface area contributed by atoms with Crippen LogP contribution in [0.4, 0.5) is 11.5 Å². The van der Waals surface area contributed by atoms with Crippen LogP contribution in [0.3, 0.4) is 0 Å². The summed E-state index contributed by atoms with van der Waals surface area (Å²) in [5.41, 5.74) is 1.60. The lowest BCUT2D eigenvalue weighted by Gasteiger charge is -2.63. The topological polar surface area (TPSA) is 168 Å². The van der Waals surface area contributed by atoms with Crippen molar-refractivity contribution in [3.63, 3.8) is 0 Å². The quantitative estimate of drug-likeness (QED) is 0.189. The van der Waals surface area contributed by atoms with Crippen LogP contribution >= 0.6 is 11.6 Å². The van der Waals surface area contributed by atoms with E-state index in [-0.39, 0.29) is 58.8 Å². The van der Waals surface area contributed by atoms with E-state index >= 15 is 0 Å². The molecule has 1 aromatic heterocycles. The molecule has 15 heteroatoms. The van der Waals surface area contributed by atoms with Crippen LogP contribution in [0, 0.1) is 34.0 Å². The van der Waals surface area contributed by atoms with Crippen molar-refractivity contribution in [1.82, 2.24) is 25.4 Å². The predicted molar refractivity (Wildman–Crippen MR) is 239 cm³/mol. The minimum absolute atomic E-state index is 0.148. The zero-order chi connectivity index (χ0) is 44.8. The molecule has 2 N–H and O–H groups in total. The van der Waals surface area contributed by atoms with Gasteiger partial charge in [0, 0.05) is 99.2 Å². The highest BCUT2D eigenvalue weighted by atomic mass is 35.5. The van der Waals surface area contributed by atoms with E-state index in [1.54, 1.807) is 36.5 Å². The number of nitriles is 1. The summed E-state index contributed by atoms with van der Waals surface area (Å²) in [4.78, 5) is 76.5. The van der Waals surface area contributed by atoms with E-state index in [1.165, 1.54) is 18.4 Å². The number of halogens is 1. The van der Waals surface area contributed by atoms with Crippen LogP contribution in [-0.4, -0.2) is 115 Å². The number of likely N-dealkylation sites (N-methyl/N-ethyl adjacent to an activating group) is 1. The maximum absolute atomic E-state index is 13.6. The van der Waals surface area contributed by atoms with Crippen LogP contribution in [0.2, 0.25) is 5.02 Å². The molecule has 3 aliphatic heterocycles. The molecular formula is C48H57ClN8O6. The molecular weight excluding hydrogens is 820 g/mol. The van der Waals surface area contributed by atoms with Crippen molar-refractivity contribution in [2.24, 2.45) is 22.7 Å². The third-order valence-corrected chi connectivity index (χ3v) is 15.0. The van der Waals surface area contributed by atoms with Crippen LogP contribution in [-0.2, 0) is 9.59 Å². The number of aldehydes is 1. The molecule has 2 saturated carbocycles. The molecule has 0 radical (unpaired) electrons. The fourth-order valence-electron chi connectivity index (χ4n) is 11.4. The Labute approximate surface area is 374 Å². The first-order chi connectivity index (χ1) is 30.1. The molecule has 0 bridgehead atoms. The number of benzene rings is 2. The number of pyridine rings is 1. The summed E-state index contributed by atoms with van der Waals surface area (Å²) >= 11 is 6.27. The number of carbonyl (C=O) groups is 5. The lowest BCUT2D eigenvalue weighted by Crippen LogP contribution is -2.74. The van der Waals surface area contributed by atoms with Crippen molar-refractivity contribution < 1.29 is 28.7 Å². The Bertz CT molecular complexity index is 2310. The van der Waals surface area contributed by atoms with Gasteiger partial charge in [0.1, 0.15) is 29.8 Å². The largest absolute Gasteiger partial charge is 0.489 e. The number of rotatable bonds is 10. The minimum Gasteiger partial charge on any atom is -0.489 e. The standard InChI is InChI=1S/C48H57ClN8O6/c1-47(2)45(48(3,4)46(47)63-36-11-7-30(25-50)38(49)24-36)53-42(60)31-8-14-40(51-26-31)57-17-16-29-22-34(9-6-32(29)27-57)55-18-20-56(21-19-55)35-10-12-37(33(23-35)28-58)44(62)54(5)39-13-15-41(59)52-43(39)61/h7-8,10-12,14,23-24,26,28-29,32,34,39,45-46H,6,9,13,15-22,27H2,1-5H3,(H,53,60)(H,52,59,61). The molecule has 4 unspecified atom stereocenters. The summed E-state index contributed by atoms with van der Waals surface area (Å²) in [6.45, 7) is 13.7. The van der Waals surface area contributed by atoms with Crippen LogP contribution in [0.25, 0.3) is 0 Å². The average molecular weight is 877 g/mol. The van der Waals surface area contributed by atoms with Crippen LogP contribution in [0.15, 0.2) is 54.7 Å². The molecule has 5 fully saturated rings. The number of piperazine rings is 1. The number of piperidine rings is 2. The van der Waals surface area contributed by atoms with Gasteiger partial charge in [0.15, 0.2) is 6.29 Å². The monoisotopic (exact) mass is 876 g/mol. The molecule has 2 aromatic carbocycles. The number of amides is 4. The van der Waals surface area contributed by atoms with Gasteiger partial charge in [-0.25, -0.2) is 4.98 Å². The van der Waals surface area contributed by atoms with E-state index in [4.69, 9.17) is 21.3 Å². The highest BCUT2D eigenvalue weighted by Gasteiger charge is 2.64. The molecule has 63 heavy (non-hydrogen) atoms. The van der Waals surface area contributed by atoms with Gasteiger partial charge < -0.3 is 24.8 Å². The number of ether oxygens (including phenoxy) is 1. The van der Waals surface area contributed by atoms with Gasteiger partial charge >= 0.3 is 0 Å². The fourth-order valence-corrected chi connectivity index (χ4v) is 11.6. The Morgan fingerprint density at radius 3 is 2.38 bits per heavy atom. The number of aromatic nitrogens is 1. The van der Waals surface area contributed by atoms with Gasteiger partial charge in [-0.15, -0.1) is 0 Å². The maximum atomic E-state index is 13.6. The van der Waals surface area contributed by atoms with Crippen LogP contribution < -0.4 is 25.2 Å². The van der Waals surface area contributed by atoms with Crippen molar-refractivity contribution in [2.75, 3.05) is 56.1 Å². The zero-order valence-electron chi connectivity index (χ0n) is 36.7. The van der Waals surface area contributed by atoms with E-state index in [0.29, 0.717) is 46.1 Å². The number of nitrogens with one attached hydrogen (secondary N) is 2. The zero-order valence-corrected chi connectivity index (χ0v) is 37.5. The molecule has 8 rings (SSSR count). The van der Waals surface area contributed by atoms with E-state index in [0.717, 1.165) is 70.0 Å². The van der Waals surface area contributed by atoms with Gasteiger partial charge in [0.2, 0.25) is 11.8 Å². The molecule has 4 heterocycles. The van der Waals surface area contributed by atoms with E-state index in [1.807, 2.05) is 18.2 Å². The van der Waals surface area contributed by atoms with Crippen molar-refractivity contribution in [2.45, 2.75) is 90.4 Å². The minimum atomic E-state index is -0.762. The predicted octanol–water partition coefficient (Wildman–Crippen LogP) is 5.73. The number of hydrogen-bond acceptors (Lipinski definition) is 11. The highest BCUT2D eigenvalue weighted by molar-refractivity contribution is 6.31. The average Bonchev–Trinajstić information content (AvgIpc) is 3.28. The van der Waals surface area contributed by atoms with Gasteiger partial charge in [-0.3, -0.25) is 34.2 Å². The van der Waals surface area contributed by atoms with Crippen molar-refractivity contribution in [3.05, 3.63) is 82.0 Å². The highest BCUT2D eigenvalue weighted by Crippen LogP contribution is 2.55. The maximum Gasteiger partial charge on any atom is 0.255 e. The first kappa shape index (κ1) is 44.1. The Kier molecular flexibility index (Phi) is 12.3. The molecule has 4 amide bonds. The fraction of sp³-hybridized carbons (Fsp3) is 0.521. The van der Waals surface area contributed by atoms with Gasteiger partial charge in [-0.05, 0) is 86.4 Å². The molecule has 3 saturated heterocycles. The van der Waals surface area contributed by atoms with Crippen molar-refractivity contribution in [3.8, 4) is 11.8 Å². The second-order valence-corrected chi connectivity index (χ2v) is 19.6. The van der Waals surface area contributed by atoms with Gasteiger partial charge in [0.25, 0.3) is 11.8 Å². The smallest absolute Gasteiger partial charge is 0.255 e. The molecule has 2 aliphatic carbocycles. The van der Waals surface area contributed by atoms with Crippen molar-refractivity contribution >= 4 is 53.0 Å². The number of imide groups is 1. The van der Waals surface area contributed by atoms with Crippen LogP contribution in [0.5, 0.6) is 5.75 Å². The number of hydrogen-bond donors (Lipinski definition) is 2. The molecule has 332 valence electrons. The molecule has 0 spiro atoms. The molecule has 3 aromatic rings. The Balaban J connectivity index is 0.801. The molecule has 14 nitrogen and oxygen atoms in total. The third kappa shape index (κ3) is 8.62. The summed E-state index contributed by atoms with van der Waals surface area (Å²) < 4.78 is 6.39. The van der Waals surface area contributed by atoms with E-state index in [9.17, 15) is 29.2 Å². The van der Waals surface area contributed by atoms with E-state index < -0.39 is 17.9 Å². The first-order valence-electron chi connectivity index (χ1n) is 22.2. The van der Waals surface area contributed by atoms with E-state index in [2.05, 4.69) is 59.1 Å². The summed E-state index contributed by atoms with van der Waals surface area (Å²) in [7, 11) is 1.53. The molecule has 4 atom stereocenters.